The Kier molecular flexibility index (Phi) is 5.95. The van der Waals surface area contributed by atoms with Crippen molar-refractivity contribution in [3.8, 4) is 0 Å². The number of hydrogen-bond donors (Lipinski definition) is 1. The van der Waals surface area contributed by atoms with E-state index in [0.717, 1.165) is 11.3 Å². The Morgan fingerprint density at radius 1 is 1.39 bits per heavy atom. The van der Waals surface area contributed by atoms with Crippen LogP contribution in [0.2, 0.25) is 0 Å². The fourth-order valence-electron chi connectivity index (χ4n) is 1.68. The molecule has 1 unspecified atom stereocenters. The van der Waals surface area contributed by atoms with Crippen LogP contribution < -0.4 is 0 Å². The second kappa shape index (κ2) is 7.24. The zero-order valence-electron chi connectivity index (χ0n) is 11.0. The predicted molar refractivity (Wildman–Crippen MR) is 76.0 cm³/mol. The number of thioether (sulfide) groups is 1. The van der Waals surface area contributed by atoms with E-state index >= 15 is 0 Å². The largest absolute Gasteiger partial charge is 0.478 e. The monoisotopic (exact) mass is 265 g/mol. The van der Waals surface area contributed by atoms with E-state index in [1.165, 1.54) is 11.0 Å². The topological polar surface area (TPSA) is 40.5 Å². The zero-order valence-corrected chi connectivity index (χ0v) is 11.8. The molecule has 3 nitrogen and oxygen atoms in total. The smallest absolute Gasteiger partial charge is 0.328 e. The van der Waals surface area contributed by atoms with Crippen LogP contribution in [-0.2, 0) is 4.79 Å². The number of rotatable bonds is 6. The summed E-state index contributed by atoms with van der Waals surface area (Å²) in [6.45, 7) is 2.12. The van der Waals surface area contributed by atoms with Gasteiger partial charge in [0.2, 0.25) is 0 Å². The molecule has 0 aromatic heterocycles. The normalized spacial score (nSPS) is 13.1. The average Bonchev–Trinajstić information content (AvgIpc) is 2.31. The highest BCUT2D eigenvalue weighted by atomic mass is 32.2. The minimum absolute atomic E-state index is 0.0122. The summed E-state index contributed by atoms with van der Waals surface area (Å²) in [5, 5.41) is 8.70. The van der Waals surface area contributed by atoms with Gasteiger partial charge in [0.1, 0.15) is 0 Å². The van der Waals surface area contributed by atoms with Crippen molar-refractivity contribution >= 4 is 17.7 Å². The molecule has 1 rings (SSSR count). The van der Waals surface area contributed by atoms with Crippen molar-refractivity contribution in [2.24, 2.45) is 0 Å². The van der Waals surface area contributed by atoms with Gasteiger partial charge in [-0.05, 0) is 37.5 Å². The van der Waals surface area contributed by atoms with Gasteiger partial charge in [0.15, 0.2) is 0 Å². The molecule has 98 valence electrons. The van der Waals surface area contributed by atoms with Crippen LogP contribution in [0.25, 0.3) is 0 Å². The van der Waals surface area contributed by atoms with E-state index in [2.05, 4.69) is 31.2 Å². The first-order valence-electron chi connectivity index (χ1n) is 5.85. The Bertz CT molecular complexity index is 412. The summed E-state index contributed by atoms with van der Waals surface area (Å²) in [5.74, 6) is 0.134. The van der Waals surface area contributed by atoms with Crippen molar-refractivity contribution in [2.75, 3.05) is 19.8 Å². The highest BCUT2D eigenvalue weighted by Crippen LogP contribution is 2.24. The molecule has 0 fully saturated rings. The lowest BCUT2D eigenvalue weighted by molar-refractivity contribution is -0.131. The SMILES string of the molecule is CCSc1ccc(C(/C=C/C(=O)O)N(C)C)cc1. The summed E-state index contributed by atoms with van der Waals surface area (Å²) in [6, 6.07) is 8.24. The highest BCUT2D eigenvalue weighted by molar-refractivity contribution is 7.99. The van der Waals surface area contributed by atoms with Gasteiger partial charge >= 0.3 is 5.97 Å². The lowest BCUT2D eigenvalue weighted by atomic mass is 10.1. The molecule has 0 aliphatic carbocycles. The van der Waals surface area contributed by atoms with Crippen LogP contribution in [0.15, 0.2) is 41.3 Å². The molecular formula is C14H19NO2S. The number of likely N-dealkylation sites (N-methyl/N-ethyl adjacent to an activating group) is 1. The summed E-state index contributed by atoms with van der Waals surface area (Å²) in [6.07, 6.45) is 2.89. The van der Waals surface area contributed by atoms with Crippen molar-refractivity contribution in [1.29, 1.82) is 0 Å². The molecule has 0 heterocycles. The zero-order chi connectivity index (χ0) is 13.5. The van der Waals surface area contributed by atoms with Crippen LogP contribution in [0.3, 0.4) is 0 Å². The first-order chi connectivity index (χ1) is 8.54. The lowest BCUT2D eigenvalue weighted by Crippen LogP contribution is -2.18. The van der Waals surface area contributed by atoms with Crippen molar-refractivity contribution in [3.63, 3.8) is 0 Å². The van der Waals surface area contributed by atoms with E-state index in [1.807, 2.05) is 19.0 Å². The molecule has 0 bridgehead atoms. The van der Waals surface area contributed by atoms with Gasteiger partial charge in [-0.15, -0.1) is 11.8 Å². The molecule has 0 spiro atoms. The fraction of sp³-hybridized carbons (Fsp3) is 0.357. The maximum Gasteiger partial charge on any atom is 0.328 e. The molecule has 4 heteroatoms. The molecule has 0 aliphatic rings. The van der Waals surface area contributed by atoms with Crippen LogP contribution in [0.5, 0.6) is 0 Å². The van der Waals surface area contributed by atoms with Crippen molar-refractivity contribution in [1.82, 2.24) is 4.90 Å². The number of hydrogen-bond acceptors (Lipinski definition) is 3. The molecular weight excluding hydrogens is 246 g/mol. The van der Waals surface area contributed by atoms with Crippen molar-refractivity contribution in [3.05, 3.63) is 42.0 Å². The molecule has 0 saturated carbocycles. The maximum atomic E-state index is 10.6. The van der Waals surface area contributed by atoms with Crippen molar-refractivity contribution < 1.29 is 9.90 Å². The Hall–Kier alpha value is -1.26. The number of aliphatic carboxylic acids is 1. The van der Waals surface area contributed by atoms with Gasteiger partial charge in [-0.25, -0.2) is 4.79 Å². The minimum atomic E-state index is -0.917. The molecule has 0 radical (unpaired) electrons. The predicted octanol–water partition coefficient (Wildman–Crippen LogP) is 3.04. The number of benzene rings is 1. The number of carboxylic acid groups (broad SMARTS) is 1. The standard InChI is InChI=1S/C14H19NO2S/c1-4-18-12-7-5-11(6-8-12)13(15(2)3)9-10-14(16)17/h5-10,13H,4H2,1-3H3,(H,16,17)/b10-9+. The highest BCUT2D eigenvalue weighted by Gasteiger charge is 2.10. The summed E-state index contributed by atoms with van der Waals surface area (Å²) in [7, 11) is 3.87. The molecule has 18 heavy (non-hydrogen) atoms. The van der Waals surface area contributed by atoms with E-state index in [9.17, 15) is 4.79 Å². The molecule has 0 amide bonds. The van der Waals surface area contributed by atoms with Crippen LogP contribution in [0.4, 0.5) is 0 Å². The van der Waals surface area contributed by atoms with E-state index in [-0.39, 0.29) is 6.04 Å². The summed E-state index contributed by atoms with van der Waals surface area (Å²) < 4.78 is 0. The van der Waals surface area contributed by atoms with Crippen molar-refractivity contribution in [2.45, 2.75) is 17.9 Å². The summed E-state index contributed by atoms with van der Waals surface area (Å²) >= 11 is 1.80. The molecule has 1 aromatic carbocycles. The number of nitrogens with zero attached hydrogens (tertiary/aromatic N) is 1. The molecule has 1 N–H and O–H groups in total. The number of carbonyl (C=O) groups is 1. The molecule has 1 atom stereocenters. The van der Waals surface area contributed by atoms with Crippen LogP contribution in [0.1, 0.15) is 18.5 Å². The van der Waals surface area contributed by atoms with E-state index < -0.39 is 5.97 Å². The third-order valence-corrected chi connectivity index (χ3v) is 3.40. The third-order valence-electron chi connectivity index (χ3n) is 2.51. The fourth-order valence-corrected chi connectivity index (χ4v) is 2.34. The van der Waals surface area contributed by atoms with Gasteiger partial charge in [0.25, 0.3) is 0 Å². The average molecular weight is 265 g/mol. The van der Waals surface area contributed by atoms with Crippen LogP contribution in [-0.4, -0.2) is 35.8 Å². The van der Waals surface area contributed by atoms with Gasteiger partial charge in [-0.2, -0.15) is 0 Å². The van der Waals surface area contributed by atoms with Crippen LogP contribution in [0, 0.1) is 0 Å². The van der Waals surface area contributed by atoms with Gasteiger partial charge in [0.05, 0.1) is 6.04 Å². The quantitative estimate of drug-likeness (QED) is 0.634. The van der Waals surface area contributed by atoms with Gasteiger partial charge in [0, 0.05) is 11.0 Å². The molecule has 0 aliphatic heterocycles. The minimum Gasteiger partial charge on any atom is -0.478 e. The van der Waals surface area contributed by atoms with Gasteiger partial charge in [-0.1, -0.05) is 25.1 Å². The number of carboxylic acids is 1. The maximum absolute atomic E-state index is 10.6. The Morgan fingerprint density at radius 3 is 2.44 bits per heavy atom. The molecule has 1 aromatic rings. The van der Waals surface area contributed by atoms with Gasteiger partial charge < -0.3 is 5.11 Å². The third kappa shape index (κ3) is 4.55. The van der Waals surface area contributed by atoms with Gasteiger partial charge in [-0.3, -0.25) is 4.90 Å². The van der Waals surface area contributed by atoms with E-state index in [0.29, 0.717) is 0 Å². The first-order valence-corrected chi connectivity index (χ1v) is 6.83. The van der Waals surface area contributed by atoms with E-state index in [4.69, 9.17) is 5.11 Å². The summed E-state index contributed by atoms with van der Waals surface area (Å²) in [4.78, 5) is 13.8. The first kappa shape index (κ1) is 14.8. The second-order valence-corrected chi connectivity index (χ2v) is 5.45. The lowest BCUT2D eigenvalue weighted by Gasteiger charge is -2.21. The van der Waals surface area contributed by atoms with E-state index in [1.54, 1.807) is 17.8 Å². The Morgan fingerprint density at radius 2 is 2.00 bits per heavy atom. The Balaban J connectivity index is 2.89. The van der Waals surface area contributed by atoms with Crippen LogP contribution >= 0.6 is 11.8 Å². The Labute approximate surface area is 113 Å². The summed E-state index contributed by atoms with van der Waals surface area (Å²) in [5.41, 5.74) is 1.10. The molecule has 0 saturated heterocycles. The second-order valence-electron chi connectivity index (χ2n) is 4.11.